The molecular weight excluding hydrogens is 314 g/mol. The number of halogens is 1. The lowest BCUT2D eigenvalue weighted by atomic mass is 10.0. The Hall–Kier alpha value is -2.79. The summed E-state index contributed by atoms with van der Waals surface area (Å²) in [6, 6.07) is 13.0. The molecule has 6 heteroatoms. The maximum Gasteiger partial charge on any atom is 0.199 e. The predicted molar refractivity (Wildman–Crippen MR) is 91.2 cm³/mol. The SMILES string of the molecule is CON=C1C(c2c(O)[nH]c3ccc(Cl)cc23)=Nc2ccccc21. The van der Waals surface area contributed by atoms with Crippen LogP contribution in [-0.4, -0.2) is 28.6 Å². The van der Waals surface area contributed by atoms with Crippen molar-refractivity contribution in [1.82, 2.24) is 4.98 Å². The minimum Gasteiger partial charge on any atom is -0.494 e. The highest BCUT2D eigenvalue weighted by molar-refractivity contribution is 6.58. The van der Waals surface area contributed by atoms with Crippen LogP contribution in [-0.2, 0) is 4.84 Å². The maximum atomic E-state index is 10.4. The number of hydrogen-bond acceptors (Lipinski definition) is 4. The van der Waals surface area contributed by atoms with E-state index in [1.165, 1.54) is 7.11 Å². The van der Waals surface area contributed by atoms with E-state index in [9.17, 15) is 5.11 Å². The summed E-state index contributed by atoms with van der Waals surface area (Å²) in [6.07, 6.45) is 0. The number of aromatic amines is 1. The van der Waals surface area contributed by atoms with Crippen LogP contribution in [0.2, 0.25) is 5.02 Å². The lowest BCUT2D eigenvalue weighted by molar-refractivity contribution is 0.214. The van der Waals surface area contributed by atoms with Gasteiger partial charge < -0.3 is 14.9 Å². The zero-order valence-electron chi connectivity index (χ0n) is 12.2. The van der Waals surface area contributed by atoms with Crippen LogP contribution in [0.15, 0.2) is 52.6 Å². The van der Waals surface area contributed by atoms with Crippen LogP contribution in [0.25, 0.3) is 10.9 Å². The van der Waals surface area contributed by atoms with E-state index in [2.05, 4.69) is 15.1 Å². The molecule has 23 heavy (non-hydrogen) atoms. The van der Waals surface area contributed by atoms with Crippen molar-refractivity contribution in [1.29, 1.82) is 0 Å². The van der Waals surface area contributed by atoms with Crippen LogP contribution < -0.4 is 0 Å². The molecule has 0 spiro atoms. The Morgan fingerprint density at radius 2 is 2.04 bits per heavy atom. The molecule has 0 fully saturated rings. The fourth-order valence-electron chi connectivity index (χ4n) is 2.82. The van der Waals surface area contributed by atoms with Crippen molar-refractivity contribution in [3.63, 3.8) is 0 Å². The summed E-state index contributed by atoms with van der Waals surface area (Å²) in [6.45, 7) is 0. The smallest absolute Gasteiger partial charge is 0.199 e. The van der Waals surface area contributed by atoms with E-state index in [0.29, 0.717) is 22.0 Å². The van der Waals surface area contributed by atoms with E-state index in [1.54, 1.807) is 12.1 Å². The Morgan fingerprint density at radius 1 is 1.22 bits per heavy atom. The van der Waals surface area contributed by atoms with Crippen molar-refractivity contribution in [3.8, 4) is 5.88 Å². The van der Waals surface area contributed by atoms with Crippen LogP contribution >= 0.6 is 11.6 Å². The molecule has 2 heterocycles. The minimum atomic E-state index is 0.0256. The van der Waals surface area contributed by atoms with Gasteiger partial charge in [0.15, 0.2) is 5.88 Å². The number of nitrogens with zero attached hydrogens (tertiary/aromatic N) is 2. The monoisotopic (exact) mass is 325 g/mol. The molecule has 2 N–H and O–H groups in total. The molecule has 1 aliphatic rings. The molecule has 0 unspecified atom stereocenters. The fraction of sp³-hybridized carbons (Fsp3) is 0.0588. The third-order valence-corrected chi connectivity index (χ3v) is 4.01. The van der Waals surface area contributed by atoms with Crippen molar-refractivity contribution in [2.75, 3.05) is 7.11 Å². The van der Waals surface area contributed by atoms with Gasteiger partial charge >= 0.3 is 0 Å². The Bertz CT molecular complexity index is 989. The normalized spacial score (nSPS) is 15.0. The molecule has 0 bridgehead atoms. The molecular formula is C17H12ClN3O2. The molecule has 0 radical (unpaired) electrons. The highest BCUT2D eigenvalue weighted by Crippen LogP contribution is 2.36. The first-order valence-corrected chi connectivity index (χ1v) is 7.37. The molecule has 2 aromatic carbocycles. The van der Waals surface area contributed by atoms with E-state index in [0.717, 1.165) is 22.2 Å². The van der Waals surface area contributed by atoms with Crippen LogP contribution in [0, 0.1) is 0 Å². The van der Waals surface area contributed by atoms with Crippen molar-refractivity contribution in [2.45, 2.75) is 0 Å². The zero-order chi connectivity index (χ0) is 16.0. The van der Waals surface area contributed by atoms with Crippen LogP contribution in [0.1, 0.15) is 11.1 Å². The number of benzene rings is 2. The molecule has 1 aromatic heterocycles. The second-order valence-corrected chi connectivity index (χ2v) is 5.57. The number of hydrogen-bond donors (Lipinski definition) is 2. The van der Waals surface area contributed by atoms with Gasteiger partial charge in [0.1, 0.15) is 18.5 Å². The van der Waals surface area contributed by atoms with Crippen LogP contribution in [0.5, 0.6) is 5.88 Å². The third kappa shape index (κ3) is 2.09. The summed E-state index contributed by atoms with van der Waals surface area (Å²) in [7, 11) is 1.48. The number of oxime groups is 1. The maximum absolute atomic E-state index is 10.4. The lowest BCUT2D eigenvalue weighted by Crippen LogP contribution is -2.13. The van der Waals surface area contributed by atoms with Crippen molar-refractivity contribution >= 4 is 39.6 Å². The molecule has 3 aromatic rings. The zero-order valence-corrected chi connectivity index (χ0v) is 12.9. The Kier molecular flexibility index (Phi) is 3.09. The van der Waals surface area contributed by atoms with Gasteiger partial charge in [-0.05, 0) is 24.3 Å². The van der Waals surface area contributed by atoms with Crippen molar-refractivity contribution in [3.05, 3.63) is 58.6 Å². The second-order valence-electron chi connectivity index (χ2n) is 5.14. The van der Waals surface area contributed by atoms with E-state index in [1.807, 2.05) is 30.3 Å². The van der Waals surface area contributed by atoms with Crippen molar-refractivity contribution < 1.29 is 9.94 Å². The number of aliphatic imine (C=N–C) groups is 1. The van der Waals surface area contributed by atoms with E-state index in [4.69, 9.17) is 16.4 Å². The van der Waals surface area contributed by atoms with Gasteiger partial charge in [-0.2, -0.15) is 0 Å². The number of rotatable bonds is 2. The van der Waals surface area contributed by atoms with Gasteiger partial charge in [0.25, 0.3) is 0 Å². The average molecular weight is 326 g/mol. The van der Waals surface area contributed by atoms with Gasteiger partial charge in [0.2, 0.25) is 0 Å². The summed E-state index contributed by atoms with van der Waals surface area (Å²) in [5.41, 5.74) is 4.12. The Labute approximate surface area is 136 Å². The molecule has 1 aliphatic heterocycles. The van der Waals surface area contributed by atoms with Gasteiger partial charge in [-0.3, -0.25) is 0 Å². The van der Waals surface area contributed by atoms with E-state index >= 15 is 0 Å². The van der Waals surface area contributed by atoms with Crippen LogP contribution in [0.4, 0.5) is 5.69 Å². The van der Waals surface area contributed by atoms with E-state index < -0.39 is 0 Å². The molecule has 0 aliphatic carbocycles. The fourth-order valence-corrected chi connectivity index (χ4v) is 2.99. The largest absolute Gasteiger partial charge is 0.494 e. The molecule has 114 valence electrons. The number of fused-ring (bicyclic) bond motifs is 2. The second kappa shape index (κ2) is 5.14. The van der Waals surface area contributed by atoms with Gasteiger partial charge in [0.05, 0.1) is 11.3 Å². The van der Waals surface area contributed by atoms with Gasteiger partial charge in [-0.15, -0.1) is 0 Å². The standard InChI is InChI=1S/C17H12ClN3O2/c1-23-21-15-10-4-2-3-5-12(10)19-16(15)14-11-8-9(18)6-7-13(11)20-17(14)22/h2-8,20,22H,1H3. The molecule has 4 rings (SSSR count). The summed E-state index contributed by atoms with van der Waals surface area (Å²) in [5, 5.41) is 15.8. The number of para-hydroxylation sites is 1. The van der Waals surface area contributed by atoms with Gasteiger partial charge in [-0.1, -0.05) is 35.0 Å². The number of aromatic nitrogens is 1. The average Bonchev–Trinajstić information content (AvgIpc) is 3.05. The molecule has 0 amide bonds. The molecule has 0 saturated heterocycles. The summed E-state index contributed by atoms with van der Waals surface area (Å²) >= 11 is 6.10. The number of H-pyrrole nitrogens is 1. The number of aromatic hydroxyl groups is 1. The summed E-state index contributed by atoms with van der Waals surface area (Å²) < 4.78 is 0. The molecule has 0 saturated carbocycles. The number of nitrogens with one attached hydrogen (secondary N) is 1. The first-order chi connectivity index (χ1) is 11.2. The highest BCUT2D eigenvalue weighted by Gasteiger charge is 2.29. The van der Waals surface area contributed by atoms with Crippen molar-refractivity contribution in [2.24, 2.45) is 10.1 Å². The lowest BCUT2D eigenvalue weighted by Gasteiger charge is -2.03. The Morgan fingerprint density at radius 3 is 2.87 bits per heavy atom. The molecule has 5 nitrogen and oxygen atoms in total. The molecule has 0 atom stereocenters. The first kappa shape index (κ1) is 13.8. The topological polar surface area (TPSA) is 70.0 Å². The summed E-state index contributed by atoms with van der Waals surface area (Å²) in [4.78, 5) is 12.5. The van der Waals surface area contributed by atoms with E-state index in [-0.39, 0.29) is 5.88 Å². The van der Waals surface area contributed by atoms with Gasteiger partial charge in [0, 0.05) is 21.5 Å². The van der Waals surface area contributed by atoms with Gasteiger partial charge in [-0.25, -0.2) is 4.99 Å². The predicted octanol–water partition coefficient (Wildman–Crippen LogP) is 4.01. The highest BCUT2D eigenvalue weighted by atomic mass is 35.5. The first-order valence-electron chi connectivity index (χ1n) is 6.99. The Balaban J connectivity index is 2.00. The summed E-state index contributed by atoms with van der Waals surface area (Å²) in [5.74, 6) is 0.0256. The quantitative estimate of drug-likeness (QED) is 0.699. The van der Waals surface area contributed by atoms with Crippen LogP contribution in [0.3, 0.4) is 0 Å². The third-order valence-electron chi connectivity index (χ3n) is 3.78. The minimum absolute atomic E-state index is 0.0256.